The van der Waals surface area contributed by atoms with Gasteiger partial charge in [-0.15, -0.1) is 0 Å². The third kappa shape index (κ3) is 2.40. The van der Waals surface area contributed by atoms with Crippen LogP contribution in [-0.4, -0.2) is 28.6 Å². The SMILES string of the molecule is O=S([O-])OCC1COC1. The molecule has 0 aromatic heterocycles. The molecular formula is C4H7O4S-. The van der Waals surface area contributed by atoms with Crippen LogP contribution in [0.3, 0.4) is 0 Å². The van der Waals surface area contributed by atoms with Crippen LogP contribution >= 0.6 is 0 Å². The molecule has 1 rings (SSSR count). The first-order chi connectivity index (χ1) is 4.29. The van der Waals surface area contributed by atoms with Crippen molar-refractivity contribution in [2.75, 3.05) is 19.8 Å². The molecule has 0 N–H and O–H groups in total. The second-order valence-electron chi connectivity index (χ2n) is 1.89. The van der Waals surface area contributed by atoms with Gasteiger partial charge in [-0.1, -0.05) is 0 Å². The number of rotatable bonds is 3. The van der Waals surface area contributed by atoms with Gasteiger partial charge in [0.25, 0.3) is 0 Å². The highest BCUT2D eigenvalue weighted by Gasteiger charge is 2.18. The highest BCUT2D eigenvalue weighted by atomic mass is 32.2. The van der Waals surface area contributed by atoms with E-state index in [4.69, 9.17) is 4.74 Å². The molecule has 9 heavy (non-hydrogen) atoms. The van der Waals surface area contributed by atoms with Crippen LogP contribution in [0.1, 0.15) is 0 Å². The minimum atomic E-state index is -2.36. The lowest BCUT2D eigenvalue weighted by Crippen LogP contribution is -2.31. The zero-order valence-corrected chi connectivity index (χ0v) is 5.56. The van der Waals surface area contributed by atoms with Gasteiger partial charge < -0.3 is 13.5 Å². The van der Waals surface area contributed by atoms with E-state index in [9.17, 15) is 8.76 Å². The molecule has 0 saturated carbocycles. The lowest BCUT2D eigenvalue weighted by molar-refractivity contribution is -0.0501. The molecule has 1 saturated heterocycles. The third-order valence-corrected chi connectivity index (χ3v) is 1.44. The van der Waals surface area contributed by atoms with Crippen molar-refractivity contribution in [1.29, 1.82) is 0 Å². The second kappa shape index (κ2) is 3.26. The van der Waals surface area contributed by atoms with Crippen LogP contribution in [0.5, 0.6) is 0 Å². The van der Waals surface area contributed by atoms with Crippen molar-refractivity contribution < 1.29 is 17.7 Å². The summed E-state index contributed by atoms with van der Waals surface area (Å²) < 4.78 is 28.6. The fraction of sp³-hybridized carbons (Fsp3) is 1.00. The Morgan fingerprint density at radius 3 is 2.78 bits per heavy atom. The maximum absolute atomic E-state index is 9.78. The van der Waals surface area contributed by atoms with E-state index in [1.807, 2.05) is 0 Å². The fourth-order valence-electron chi connectivity index (χ4n) is 0.533. The fourth-order valence-corrected chi connectivity index (χ4v) is 0.836. The Bertz CT molecular complexity index is 111. The summed E-state index contributed by atoms with van der Waals surface area (Å²) >= 11 is -2.36. The molecule has 1 atom stereocenters. The zero-order valence-electron chi connectivity index (χ0n) is 4.74. The summed E-state index contributed by atoms with van der Waals surface area (Å²) in [6, 6.07) is 0. The van der Waals surface area contributed by atoms with Crippen LogP contribution in [0.15, 0.2) is 0 Å². The van der Waals surface area contributed by atoms with Crippen LogP contribution in [-0.2, 0) is 20.3 Å². The molecule has 0 bridgehead atoms. The highest BCUT2D eigenvalue weighted by molar-refractivity contribution is 7.74. The Morgan fingerprint density at radius 2 is 2.44 bits per heavy atom. The van der Waals surface area contributed by atoms with Gasteiger partial charge in [-0.3, -0.25) is 0 Å². The topological polar surface area (TPSA) is 58.6 Å². The molecule has 1 aliphatic rings. The van der Waals surface area contributed by atoms with Gasteiger partial charge in [0, 0.05) is 5.92 Å². The first-order valence-corrected chi connectivity index (χ1v) is 3.59. The number of ether oxygens (including phenoxy) is 1. The van der Waals surface area contributed by atoms with Crippen LogP contribution in [0.25, 0.3) is 0 Å². The molecule has 0 aromatic rings. The molecule has 0 spiro atoms. The quantitative estimate of drug-likeness (QED) is 0.507. The minimum absolute atomic E-state index is 0.260. The Balaban J connectivity index is 1.97. The monoisotopic (exact) mass is 151 g/mol. The Hall–Kier alpha value is 0.0300. The first-order valence-electron chi connectivity index (χ1n) is 2.59. The molecule has 1 aliphatic heterocycles. The predicted molar refractivity (Wildman–Crippen MR) is 29.2 cm³/mol. The maximum Gasteiger partial charge on any atom is 0.0842 e. The second-order valence-corrected chi connectivity index (χ2v) is 2.54. The molecule has 1 heterocycles. The zero-order chi connectivity index (χ0) is 6.69. The molecule has 1 fully saturated rings. The van der Waals surface area contributed by atoms with Crippen LogP contribution in [0, 0.1) is 5.92 Å². The van der Waals surface area contributed by atoms with Crippen molar-refractivity contribution in [2.24, 2.45) is 5.92 Å². The molecule has 0 aromatic carbocycles. The molecule has 0 radical (unpaired) electrons. The Kier molecular flexibility index (Phi) is 2.59. The molecule has 0 aliphatic carbocycles. The molecule has 54 valence electrons. The van der Waals surface area contributed by atoms with E-state index in [0.717, 1.165) is 0 Å². The van der Waals surface area contributed by atoms with E-state index in [-0.39, 0.29) is 12.5 Å². The van der Waals surface area contributed by atoms with E-state index >= 15 is 0 Å². The lowest BCUT2D eigenvalue weighted by atomic mass is 10.1. The standard InChI is InChI=1S/C4H8O4S/c5-9(6)8-3-4-1-7-2-4/h4H,1-3H2,(H,5,6)/p-1. The minimum Gasteiger partial charge on any atom is -0.750 e. The molecule has 0 amide bonds. The van der Waals surface area contributed by atoms with Gasteiger partial charge in [-0.2, -0.15) is 0 Å². The van der Waals surface area contributed by atoms with Gasteiger partial charge in [-0.05, 0) is 0 Å². The van der Waals surface area contributed by atoms with E-state index in [1.54, 1.807) is 0 Å². The summed E-state index contributed by atoms with van der Waals surface area (Å²) in [7, 11) is 0. The first kappa shape index (κ1) is 7.14. The summed E-state index contributed by atoms with van der Waals surface area (Å²) in [6.07, 6.45) is 0. The van der Waals surface area contributed by atoms with Gasteiger partial charge in [0.1, 0.15) is 0 Å². The van der Waals surface area contributed by atoms with Crippen LogP contribution < -0.4 is 0 Å². The molecule has 4 nitrogen and oxygen atoms in total. The Morgan fingerprint density at radius 1 is 1.78 bits per heavy atom. The van der Waals surface area contributed by atoms with Crippen molar-refractivity contribution in [2.45, 2.75) is 0 Å². The van der Waals surface area contributed by atoms with Gasteiger partial charge in [0.2, 0.25) is 0 Å². The number of hydrogen-bond donors (Lipinski definition) is 0. The van der Waals surface area contributed by atoms with E-state index in [2.05, 4.69) is 4.18 Å². The molecule has 5 heteroatoms. The summed E-state index contributed by atoms with van der Waals surface area (Å²) in [5, 5.41) is 0. The largest absolute Gasteiger partial charge is 0.750 e. The van der Waals surface area contributed by atoms with Crippen molar-refractivity contribution in [3.05, 3.63) is 0 Å². The predicted octanol–water partition coefficient (Wildman–Crippen LogP) is -0.556. The number of hydrogen-bond acceptors (Lipinski definition) is 4. The van der Waals surface area contributed by atoms with Gasteiger partial charge >= 0.3 is 0 Å². The lowest BCUT2D eigenvalue weighted by Gasteiger charge is -2.25. The third-order valence-electron chi connectivity index (χ3n) is 1.11. The summed E-state index contributed by atoms with van der Waals surface area (Å²) in [4.78, 5) is 0. The van der Waals surface area contributed by atoms with Gasteiger partial charge in [0.15, 0.2) is 0 Å². The average molecular weight is 151 g/mol. The van der Waals surface area contributed by atoms with Crippen molar-refractivity contribution in [1.82, 2.24) is 0 Å². The van der Waals surface area contributed by atoms with Gasteiger partial charge in [-0.25, -0.2) is 4.21 Å². The molecule has 1 unspecified atom stereocenters. The highest BCUT2D eigenvalue weighted by Crippen LogP contribution is 2.09. The van der Waals surface area contributed by atoms with E-state index < -0.39 is 11.4 Å². The van der Waals surface area contributed by atoms with Crippen molar-refractivity contribution in [3.63, 3.8) is 0 Å². The van der Waals surface area contributed by atoms with E-state index in [1.165, 1.54) is 0 Å². The maximum atomic E-state index is 9.78. The van der Waals surface area contributed by atoms with E-state index in [0.29, 0.717) is 13.2 Å². The van der Waals surface area contributed by atoms with Gasteiger partial charge in [0.05, 0.1) is 31.2 Å². The average Bonchev–Trinajstić information content (AvgIpc) is 1.60. The van der Waals surface area contributed by atoms with Crippen molar-refractivity contribution in [3.8, 4) is 0 Å². The Labute approximate surface area is 55.6 Å². The summed E-state index contributed by atoms with van der Waals surface area (Å²) in [6.45, 7) is 1.50. The smallest absolute Gasteiger partial charge is 0.0842 e. The normalized spacial score (nSPS) is 23.2. The van der Waals surface area contributed by atoms with Crippen LogP contribution in [0.4, 0.5) is 0 Å². The van der Waals surface area contributed by atoms with Crippen molar-refractivity contribution >= 4 is 11.4 Å². The van der Waals surface area contributed by atoms with Crippen LogP contribution in [0.2, 0.25) is 0 Å². The summed E-state index contributed by atoms with van der Waals surface area (Å²) in [5.41, 5.74) is 0. The summed E-state index contributed by atoms with van der Waals surface area (Å²) in [5.74, 6) is 0.280. The molecular weight excluding hydrogens is 144 g/mol.